The molecule has 1 aromatic carbocycles. The first kappa shape index (κ1) is 15.3. The van der Waals surface area contributed by atoms with Crippen molar-refractivity contribution in [1.82, 2.24) is 4.90 Å². The van der Waals surface area contributed by atoms with Gasteiger partial charge in [0.2, 0.25) is 5.91 Å². The number of rotatable bonds is 4. The van der Waals surface area contributed by atoms with Gasteiger partial charge in [0.1, 0.15) is 12.8 Å². The summed E-state index contributed by atoms with van der Waals surface area (Å²) in [5, 5.41) is 0. The molecule has 0 radical (unpaired) electrons. The Hall–Kier alpha value is -2.57. The number of hydrogen-bond acceptors (Lipinski definition) is 5. The number of likely N-dealkylation sites (tertiary alicyclic amines) is 1. The first-order valence-corrected chi connectivity index (χ1v) is 7.52. The molecule has 1 fully saturated rings. The zero-order chi connectivity index (χ0) is 16.4. The van der Waals surface area contributed by atoms with E-state index >= 15 is 0 Å². The minimum atomic E-state index is -0.310. The van der Waals surface area contributed by atoms with E-state index in [1.165, 1.54) is 12.0 Å². The van der Waals surface area contributed by atoms with E-state index < -0.39 is 0 Å². The number of nitrogens with zero attached hydrogens (tertiary/aromatic N) is 2. The number of carbonyl (C=O) groups is 3. The molecule has 0 unspecified atom stereocenters. The van der Waals surface area contributed by atoms with Crippen LogP contribution in [0, 0.1) is 0 Å². The van der Waals surface area contributed by atoms with Crippen molar-refractivity contribution in [2.45, 2.75) is 12.8 Å². The third-order valence-electron chi connectivity index (χ3n) is 4.10. The zero-order valence-electron chi connectivity index (χ0n) is 12.9. The number of methoxy groups -OCH3 is 1. The van der Waals surface area contributed by atoms with Crippen LogP contribution in [0.25, 0.3) is 0 Å². The molecule has 2 aliphatic heterocycles. The fourth-order valence-electron chi connectivity index (χ4n) is 2.89. The minimum absolute atomic E-state index is 0.0549. The van der Waals surface area contributed by atoms with E-state index in [0.717, 1.165) is 25.9 Å². The third kappa shape index (κ3) is 2.86. The quantitative estimate of drug-likeness (QED) is 0.770. The molecule has 122 valence electrons. The number of hydrogen-bond donors (Lipinski definition) is 0. The maximum Gasteiger partial charge on any atom is 0.265 e. The Bertz CT molecular complexity index is 652. The molecule has 7 nitrogen and oxygen atoms in total. The Kier molecular flexibility index (Phi) is 4.18. The van der Waals surface area contributed by atoms with Gasteiger partial charge in [0.25, 0.3) is 5.91 Å². The zero-order valence-corrected chi connectivity index (χ0v) is 12.9. The molecule has 3 rings (SSSR count). The van der Waals surface area contributed by atoms with Crippen LogP contribution in [0.2, 0.25) is 0 Å². The molecule has 7 heteroatoms. The lowest BCUT2D eigenvalue weighted by atomic mass is 10.1. The summed E-state index contributed by atoms with van der Waals surface area (Å²) in [7, 11) is 1.46. The van der Waals surface area contributed by atoms with E-state index in [9.17, 15) is 14.4 Å². The van der Waals surface area contributed by atoms with Gasteiger partial charge >= 0.3 is 0 Å². The summed E-state index contributed by atoms with van der Waals surface area (Å²) < 4.78 is 10.7. The second-order valence-electron chi connectivity index (χ2n) is 5.55. The van der Waals surface area contributed by atoms with Gasteiger partial charge in [0, 0.05) is 18.7 Å². The number of aldehydes is 1. The standard InChI is InChI=1S/C16H18N2O5/c1-22-13-7-11(9-19)6-12-16(13)23-10-15(21)18(12)8-14(20)17-4-2-3-5-17/h6-7,9H,2-5,8,10H2,1H3. The maximum absolute atomic E-state index is 12.4. The van der Waals surface area contributed by atoms with Gasteiger partial charge in [-0.15, -0.1) is 0 Å². The van der Waals surface area contributed by atoms with Gasteiger partial charge in [-0.3, -0.25) is 19.3 Å². The van der Waals surface area contributed by atoms with Crippen LogP contribution in [-0.4, -0.2) is 56.4 Å². The highest BCUT2D eigenvalue weighted by atomic mass is 16.5. The van der Waals surface area contributed by atoms with Gasteiger partial charge in [0.05, 0.1) is 12.8 Å². The van der Waals surface area contributed by atoms with Crippen molar-refractivity contribution in [2.75, 3.05) is 38.3 Å². The van der Waals surface area contributed by atoms with Crippen LogP contribution < -0.4 is 14.4 Å². The van der Waals surface area contributed by atoms with E-state index in [-0.39, 0.29) is 25.0 Å². The molecule has 0 bridgehead atoms. The highest BCUT2D eigenvalue weighted by molar-refractivity contribution is 6.03. The normalized spacial score (nSPS) is 16.8. The number of benzene rings is 1. The minimum Gasteiger partial charge on any atom is -0.493 e. The second kappa shape index (κ2) is 6.28. The average Bonchev–Trinajstić information content (AvgIpc) is 3.10. The maximum atomic E-state index is 12.4. The van der Waals surface area contributed by atoms with Crippen LogP contribution in [-0.2, 0) is 9.59 Å². The Labute approximate surface area is 133 Å². The van der Waals surface area contributed by atoms with Crippen molar-refractivity contribution in [2.24, 2.45) is 0 Å². The average molecular weight is 318 g/mol. The SMILES string of the molecule is COc1cc(C=O)cc2c1OCC(=O)N2CC(=O)N1CCCC1. The largest absolute Gasteiger partial charge is 0.493 e. The van der Waals surface area contributed by atoms with Gasteiger partial charge in [-0.2, -0.15) is 0 Å². The highest BCUT2D eigenvalue weighted by Gasteiger charge is 2.32. The fourth-order valence-corrected chi connectivity index (χ4v) is 2.89. The Morgan fingerprint density at radius 1 is 1.35 bits per heavy atom. The summed E-state index contributed by atoms with van der Waals surface area (Å²) in [6.07, 6.45) is 2.65. The Balaban J connectivity index is 1.93. The highest BCUT2D eigenvalue weighted by Crippen LogP contribution is 2.41. The second-order valence-corrected chi connectivity index (χ2v) is 5.55. The topological polar surface area (TPSA) is 76.1 Å². The van der Waals surface area contributed by atoms with E-state index in [4.69, 9.17) is 9.47 Å². The first-order valence-electron chi connectivity index (χ1n) is 7.52. The molecular weight excluding hydrogens is 300 g/mol. The van der Waals surface area contributed by atoms with E-state index in [1.54, 1.807) is 17.0 Å². The van der Waals surface area contributed by atoms with Crippen LogP contribution in [0.5, 0.6) is 11.5 Å². The molecule has 2 aliphatic rings. The monoisotopic (exact) mass is 318 g/mol. The summed E-state index contributed by atoms with van der Waals surface area (Å²) in [5.74, 6) is 0.344. The smallest absolute Gasteiger partial charge is 0.265 e. The summed E-state index contributed by atoms with van der Waals surface area (Å²) >= 11 is 0. The number of ether oxygens (including phenoxy) is 2. The summed E-state index contributed by atoms with van der Waals surface area (Å²) in [6.45, 7) is 1.24. The van der Waals surface area contributed by atoms with Gasteiger partial charge in [-0.1, -0.05) is 0 Å². The van der Waals surface area contributed by atoms with Crippen molar-refractivity contribution in [3.05, 3.63) is 17.7 Å². The van der Waals surface area contributed by atoms with E-state index in [1.807, 2.05) is 0 Å². The number of anilines is 1. The molecule has 0 saturated carbocycles. The van der Waals surface area contributed by atoms with Crippen LogP contribution in [0.4, 0.5) is 5.69 Å². The van der Waals surface area contributed by atoms with Crippen molar-refractivity contribution in [1.29, 1.82) is 0 Å². The summed E-state index contributed by atoms with van der Waals surface area (Å²) in [4.78, 5) is 38.8. The lowest BCUT2D eigenvalue weighted by molar-refractivity contribution is -0.131. The lowest BCUT2D eigenvalue weighted by Gasteiger charge is -2.31. The van der Waals surface area contributed by atoms with E-state index in [0.29, 0.717) is 29.0 Å². The molecule has 0 N–H and O–H groups in total. The molecule has 2 heterocycles. The number of fused-ring (bicyclic) bond motifs is 1. The van der Waals surface area contributed by atoms with Crippen molar-refractivity contribution >= 4 is 23.8 Å². The molecule has 0 spiro atoms. The van der Waals surface area contributed by atoms with Crippen LogP contribution in [0.15, 0.2) is 12.1 Å². The van der Waals surface area contributed by atoms with Crippen molar-refractivity contribution in [3.63, 3.8) is 0 Å². The Morgan fingerprint density at radius 2 is 2.09 bits per heavy atom. The fraction of sp³-hybridized carbons (Fsp3) is 0.438. The molecule has 1 saturated heterocycles. The van der Waals surface area contributed by atoms with Gasteiger partial charge in [-0.05, 0) is 25.0 Å². The van der Waals surface area contributed by atoms with Gasteiger partial charge in [-0.25, -0.2) is 0 Å². The van der Waals surface area contributed by atoms with Gasteiger partial charge < -0.3 is 14.4 Å². The third-order valence-corrected chi connectivity index (χ3v) is 4.10. The molecule has 0 aromatic heterocycles. The predicted molar refractivity (Wildman–Crippen MR) is 82.0 cm³/mol. The number of carbonyl (C=O) groups excluding carboxylic acids is 3. The van der Waals surface area contributed by atoms with Crippen molar-refractivity contribution in [3.8, 4) is 11.5 Å². The lowest BCUT2D eigenvalue weighted by Crippen LogP contribution is -2.46. The predicted octanol–water partition coefficient (Wildman–Crippen LogP) is 0.855. The molecule has 23 heavy (non-hydrogen) atoms. The van der Waals surface area contributed by atoms with Crippen LogP contribution in [0.3, 0.4) is 0 Å². The summed E-state index contributed by atoms with van der Waals surface area (Å²) in [5.41, 5.74) is 0.757. The molecular formula is C16H18N2O5. The molecule has 0 aliphatic carbocycles. The number of amides is 2. The Morgan fingerprint density at radius 3 is 2.74 bits per heavy atom. The van der Waals surface area contributed by atoms with E-state index in [2.05, 4.69) is 0 Å². The summed E-state index contributed by atoms with van der Waals surface area (Å²) in [6, 6.07) is 3.08. The first-order chi connectivity index (χ1) is 11.1. The van der Waals surface area contributed by atoms with Crippen molar-refractivity contribution < 1.29 is 23.9 Å². The van der Waals surface area contributed by atoms with Gasteiger partial charge in [0.15, 0.2) is 18.1 Å². The van der Waals surface area contributed by atoms with Crippen LogP contribution in [0.1, 0.15) is 23.2 Å². The molecule has 2 amide bonds. The molecule has 0 atom stereocenters. The molecule has 1 aromatic rings. The van der Waals surface area contributed by atoms with Crippen LogP contribution >= 0.6 is 0 Å².